The number of nitrogens with zero attached hydrogens (tertiary/aromatic N) is 1. The van der Waals surface area contributed by atoms with Crippen LogP contribution in [0.1, 0.15) is 30.8 Å². The van der Waals surface area contributed by atoms with E-state index in [0.717, 1.165) is 23.0 Å². The van der Waals surface area contributed by atoms with E-state index in [1.807, 2.05) is 39.0 Å². The Labute approximate surface area is 136 Å². The molecule has 0 spiro atoms. The molecular formula is C17H24N2O2S. The number of aromatic amines is 1. The van der Waals surface area contributed by atoms with Crippen LogP contribution in [0, 0.1) is 6.92 Å². The van der Waals surface area contributed by atoms with Crippen LogP contribution < -0.4 is 0 Å². The normalized spacial score (nSPS) is 12.8. The molecule has 0 radical (unpaired) electrons. The van der Waals surface area contributed by atoms with E-state index in [9.17, 15) is 5.11 Å². The molecule has 0 fully saturated rings. The Balaban J connectivity index is 1.87. The summed E-state index contributed by atoms with van der Waals surface area (Å²) in [5.41, 5.74) is 3.39. The number of ether oxygens (including phenoxy) is 1. The summed E-state index contributed by atoms with van der Waals surface area (Å²) < 4.78 is 5.41. The van der Waals surface area contributed by atoms with Crippen LogP contribution >= 0.6 is 11.8 Å². The van der Waals surface area contributed by atoms with E-state index in [1.54, 1.807) is 0 Å². The minimum atomic E-state index is -0.477. The van der Waals surface area contributed by atoms with Crippen LogP contribution in [0.15, 0.2) is 35.5 Å². The van der Waals surface area contributed by atoms with E-state index in [-0.39, 0.29) is 6.10 Å². The number of imidazole rings is 1. The minimum Gasteiger partial charge on any atom is -0.390 e. The Hall–Kier alpha value is -1.30. The summed E-state index contributed by atoms with van der Waals surface area (Å²) in [7, 11) is 0. The number of hydrogen-bond donors (Lipinski definition) is 2. The van der Waals surface area contributed by atoms with E-state index in [1.165, 1.54) is 17.3 Å². The van der Waals surface area contributed by atoms with Crippen molar-refractivity contribution in [1.29, 1.82) is 0 Å². The largest absolute Gasteiger partial charge is 0.390 e. The summed E-state index contributed by atoms with van der Waals surface area (Å²) in [6.45, 7) is 6.33. The zero-order valence-corrected chi connectivity index (χ0v) is 14.2. The lowest BCUT2D eigenvalue weighted by atomic mass is 10.1. The molecule has 0 aliphatic carbocycles. The molecule has 0 bridgehead atoms. The van der Waals surface area contributed by atoms with Gasteiger partial charge in [-0.3, -0.25) is 0 Å². The van der Waals surface area contributed by atoms with E-state index >= 15 is 0 Å². The van der Waals surface area contributed by atoms with Gasteiger partial charge in [-0.05, 0) is 26.3 Å². The summed E-state index contributed by atoms with van der Waals surface area (Å²) in [5.74, 6) is 0.574. The van der Waals surface area contributed by atoms with E-state index in [4.69, 9.17) is 4.74 Å². The third kappa shape index (κ3) is 5.48. The fourth-order valence-electron chi connectivity index (χ4n) is 2.02. The molecule has 2 aromatic rings. The van der Waals surface area contributed by atoms with Crippen molar-refractivity contribution in [2.75, 3.05) is 12.4 Å². The topological polar surface area (TPSA) is 58.1 Å². The molecule has 5 heteroatoms. The highest BCUT2D eigenvalue weighted by atomic mass is 32.2. The van der Waals surface area contributed by atoms with Crippen LogP contribution in [0.3, 0.4) is 0 Å². The Kier molecular flexibility index (Phi) is 6.49. The smallest absolute Gasteiger partial charge is 0.165 e. The molecule has 1 aromatic heterocycles. The predicted molar refractivity (Wildman–Crippen MR) is 90.4 cm³/mol. The van der Waals surface area contributed by atoms with Gasteiger partial charge in [-0.15, -0.1) is 0 Å². The minimum absolute atomic E-state index is 0.142. The molecule has 2 N–H and O–H groups in total. The van der Waals surface area contributed by atoms with Gasteiger partial charge >= 0.3 is 0 Å². The van der Waals surface area contributed by atoms with Crippen molar-refractivity contribution < 1.29 is 9.84 Å². The second kappa shape index (κ2) is 8.36. The van der Waals surface area contributed by atoms with Gasteiger partial charge in [0, 0.05) is 17.9 Å². The lowest BCUT2D eigenvalue weighted by Crippen LogP contribution is -2.20. The van der Waals surface area contributed by atoms with Gasteiger partial charge in [0.25, 0.3) is 0 Å². The van der Waals surface area contributed by atoms with Crippen LogP contribution in [0.2, 0.25) is 0 Å². The second-order valence-electron chi connectivity index (χ2n) is 5.62. The van der Waals surface area contributed by atoms with Crippen molar-refractivity contribution in [3.63, 3.8) is 0 Å². The van der Waals surface area contributed by atoms with Crippen LogP contribution in [-0.2, 0) is 11.2 Å². The zero-order valence-electron chi connectivity index (χ0n) is 13.4. The predicted octanol–water partition coefficient (Wildman–Crippen LogP) is 3.19. The first kappa shape index (κ1) is 17.1. The molecule has 0 aliphatic rings. The summed E-state index contributed by atoms with van der Waals surface area (Å²) in [6, 6.07) is 10.3. The lowest BCUT2D eigenvalue weighted by molar-refractivity contribution is 0.0152. The highest BCUT2D eigenvalue weighted by Crippen LogP contribution is 2.19. The SMILES string of the molecule is Cc1[nH]c(SCC(O)COC(C)C)nc1Cc1ccccc1. The molecule has 2 rings (SSSR count). The van der Waals surface area contributed by atoms with Crippen molar-refractivity contribution in [3.8, 4) is 0 Å². The number of benzene rings is 1. The molecule has 1 heterocycles. The van der Waals surface area contributed by atoms with E-state index in [0.29, 0.717) is 12.4 Å². The second-order valence-corrected chi connectivity index (χ2v) is 6.63. The van der Waals surface area contributed by atoms with Crippen LogP contribution in [0.4, 0.5) is 0 Å². The number of thioether (sulfide) groups is 1. The van der Waals surface area contributed by atoms with Crippen molar-refractivity contribution in [3.05, 3.63) is 47.3 Å². The first-order chi connectivity index (χ1) is 10.5. The molecule has 1 atom stereocenters. The molecule has 0 amide bonds. The fraction of sp³-hybridized carbons (Fsp3) is 0.471. The molecule has 120 valence electrons. The van der Waals surface area contributed by atoms with Crippen LogP contribution in [0.25, 0.3) is 0 Å². The first-order valence-corrected chi connectivity index (χ1v) is 8.55. The first-order valence-electron chi connectivity index (χ1n) is 7.56. The molecule has 1 aromatic carbocycles. The number of nitrogens with one attached hydrogen (secondary N) is 1. The van der Waals surface area contributed by atoms with Gasteiger partial charge in [-0.1, -0.05) is 42.1 Å². The molecule has 0 aliphatic heterocycles. The van der Waals surface area contributed by atoms with Gasteiger partial charge in [0.2, 0.25) is 0 Å². The number of aromatic nitrogens is 2. The Morgan fingerprint density at radius 1 is 1.27 bits per heavy atom. The number of aliphatic hydroxyl groups excluding tert-OH is 1. The Bertz CT molecular complexity index is 569. The lowest BCUT2D eigenvalue weighted by Gasteiger charge is -2.12. The van der Waals surface area contributed by atoms with Gasteiger partial charge in [-0.2, -0.15) is 0 Å². The highest BCUT2D eigenvalue weighted by molar-refractivity contribution is 7.99. The third-order valence-corrected chi connectivity index (χ3v) is 4.23. The van der Waals surface area contributed by atoms with Crippen LogP contribution in [0.5, 0.6) is 0 Å². The number of hydrogen-bond acceptors (Lipinski definition) is 4. The van der Waals surface area contributed by atoms with Crippen molar-refractivity contribution in [1.82, 2.24) is 9.97 Å². The maximum Gasteiger partial charge on any atom is 0.165 e. The molecule has 22 heavy (non-hydrogen) atoms. The van der Waals surface area contributed by atoms with Gasteiger partial charge in [0.15, 0.2) is 5.16 Å². The summed E-state index contributed by atoms with van der Waals surface area (Å²) in [6.07, 6.45) is 0.487. The van der Waals surface area contributed by atoms with E-state index < -0.39 is 6.10 Å². The van der Waals surface area contributed by atoms with Gasteiger partial charge in [-0.25, -0.2) is 4.98 Å². The van der Waals surface area contributed by atoms with Gasteiger partial charge < -0.3 is 14.8 Å². The maximum atomic E-state index is 9.88. The molecule has 0 saturated carbocycles. The monoisotopic (exact) mass is 320 g/mol. The standard InChI is InChI=1S/C17H24N2O2S/c1-12(2)21-10-15(20)11-22-17-18-13(3)16(19-17)9-14-7-5-4-6-8-14/h4-8,12,15,20H,9-11H2,1-3H3,(H,18,19). The van der Waals surface area contributed by atoms with Crippen LogP contribution in [-0.4, -0.2) is 39.6 Å². The molecule has 4 nitrogen and oxygen atoms in total. The van der Waals surface area contributed by atoms with Gasteiger partial charge in [0.05, 0.1) is 24.5 Å². The average molecular weight is 320 g/mol. The molecular weight excluding hydrogens is 296 g/mol. The number of aliphatic hydroxyl groups is 1. The average Bonchev–Trinajstić information content (AvgIpc) is 2.84. The van der Waals surface area contributed by atoms with Crippen molar-refractivity contribution in [2.45, 2.75) is 44.6 Å². The number of rotatable bonds is 8. The fourth-order valence-corrected chi connectivity index (χ4v) is 2.87. The zero-order chi connectivity index (χ0) is 15.9. The Morgan fingerprint density at radius 3 is 2.68 bits per heavy atom. The molecule has 0 saturated heterocycles. The maximum absolute atomic E-state index is 9.88. The summed E-state index contributed by atoms with van der Waals surface area (Å²) in [4.78, 5) is 7.91. The molecule has 1 unspecified atom stereocenters. The Morgan fingerprint density at radius 2 is 2.00 bits per heavy atom. The number of H-pyrrole nitrogens is 1. The third-order valence-electron chi connectivity index (χ3n) is 3.21. The summed E-state index contributed by atoms with van der Waals surface area (Å²) >= 11 is 1.53. The summed E-state index contributed by atoms with van der Waals surface area (Å²) in [5, 5.41) is 10.7. The van der Waals surface area contributed by atoms with Crippen molar-refractivity contribution >= 4 is 11.8 Å². The van der Waals surface area contributed by atoms with Gasteiger partial charge in [0.1, 0.15) is 0 Å². The van der Waals surface area contributed by atoms with Crippen molar-refractivity contribution in [2.24, 2.45) is 0 Å². The quantitative estimate of drug-likeness (QED) is 0.734. The highest BCUT2D eigenvalue weighted by Gasteiger charge is 2.11. The number of aryl methyl sites for hydroxylation is 1. The van der Waals surface area contributed by atoms with E-state index in [2.05, 4.69) is 22.1 Å².